The van der Waals surface area contributed by atoms with Crippen LogP contribution >= 0.6 is 0 Å². The molecule has 2 aromatic rings. The lowest BCUT2D eigenvalue weighted by atomic mass is 9.73. The van der Waals surface area contributed by atoms with Crippen LogP contribution in [-0.2, 0) is 11.2 Å². The van der Waals surface area contributed by atoms with E-state index in [9.17, 15) is 14.4 Å². The molecule has 2 aliphatic rings. The van der Waals surface area contributed by atoms with Crippen LogP contribution < -0.4 is 5.56 Å². The van der Waals surface area contributed by atoms with E-state index in [1.54, 1.807) is 17.4 Å². The minimum Gasteiger partial charge on any atom is -0.348 e. The molecule has 1 atom stereocenters. The highest BCUT2D eigenvalue weighted by Gasteiger charge is 2.43. The number of amides is 2. The third kappa shape index (κ3) is 3.69. The summed E-state index contributed by atoms with van der Waals surface area (Å²) in [7, 11) is 0. The summed E-state index contributed by atoms with van der Waals surface area (Å²) < 4.78 is 0. The van der Waals surface area contributed by atoms with Crippen LogP contribution in [0.25, 0.3) is 0 Å². The molecule has 0 bridgehead atoms. The molecule has 1 spiro atoms. The molecule has 2 aliphatic heterocycles. The zero-order valence-electron chi connectivity index (χ0n) is 15.7. The van der Waals surface area contributed by atoms with E-state index in [0.29, 0.717) is 32.6 Å². The number of carbonyl (C=O) groups excluding carboxylic acids is 2. The largest absolute Gasteiger partial charge is 0.348 e. The number of aromatic nitrogens is 4. The van der Waals surface area contributed by atoms with Crippen molar-refractivity contribution >= 4 is 11.8 Å². The Morgan fingerprint density at radius 3 is 2.71 bits per heavy atom. The Labute approximate surface area is 162 Å². The van der Waals surface area contributed by atoms with E-state index in [1.807, 2.05) is 4.90 Å². The smallest absolute Gasteiger partial charge is 0.263 e. The minimum absolute atomic E-state index is 0.0718. The van der Waals surface area contributed by atoms with Gasteiger partial charge in [0.05, 0.1) is 12.7 Å². The summed E-state index contributed by atoms with van der Waals surface area (Å²) in [4.78, 5) is 54.3. The monoisotopic (exact) mass is 384 g/mol. The molecule has 2 aromatic heterocycles. The predicted molar refractivity (Wildman–Crippen MR) is 101 cm³/mol. The third-order valence-corrected chi connectivity index (χ3v) is 5.85. The number of aromatic amines is 2. The van der Waals surface area contributed by atoms with Crippen molar-refractivity contribution < 1.29 is 9.59 Å². The first-order valence-electron chi connectivity index (χ1n) is 9.63. The number of hydrogen-bond acceptors (Lipinski definition) is 5. The molecular formula is C19H24N6O3. The molecule has 2 saturated heterocycles. The topological polar surface area (TPSA) is 115 Å². The fraction of sp³-hybridized carbons (Fsp3) is 0.526. The normalized spacial score (nSPS) is 22.6. The average molecular weight is 384 g/mol. The van der Waals surface area contributed by atoms with E-state index in [2.05, 4.69) is 19.9 Å². The van der Waals surface area contributed by atoms with Crippen molar-refractivity contribution in [2.75, 3.05) is 26.2 Å². The molecule has 9 nitrogen and oxygen atoms in total. The van der Waals surface area contributed by atoms with E-state index in [0.717, 1.165) is 31.4 Å². The molecule has 4 heterocycles. The highest BCUT2D eigenvalue weighted by Crippen LogP contribution is 2.39. The first-order valence-corrected chi connectivity index (χ1v) is 9.63. The summed E-state index contributed by atoms with van der Waals surface area (Å²) in [6.07, 6.45) is 9.87. The number of piperidine rings is 2. The van der Waals surface area contributed by atoms with Crippen molar-refractivity contribution in [2.24, 2.45) is 5.41 Å². The maximum Gasteiger partial charge on any atom is 0.263 e. The maximum atomic E-state index is 12.8. The van der Waals surface area contributed by atoms with E-state index in [-0.39, 0.29) is 22.8 Å². The zero-order chi connectivity index (χ0) is 19.6. The standard InChI is InChI=1S/C19H24N6O3/c26-16-2-5-19(10-24(16)7-3-14-8-20-12-22-14)4-1-6-25(11-19)18(28)15-9-21-13-23-17(15)27/h8-9,12-13H,1-7,10-11H2,(H,20,22)(H,21,23,27)/t19-/m0/s1. The molecule has 2 fully saturated rings. The van der Waals surface area contributed by atoms with Crippen molar-refractivity contribution in [3.8, 4) is 0 Å². The van der Waals surface area contributed by atoms with Crippen LogP contribution in [0.1, 0.15) is 41.7 Å². The quantitative estimate of drug-likeness (QED) is 0.800. The van der Waals surface area contributed by atoms with Crippen molar-refractivity contribution in [1.29, 1.82) is 0 Å². The van der Waals surface area contributed by atoms with E-state index in [4.69, 9.17) is 0 Å². The Hall–Kier alpha value is -2.97. The van der Waals surface area contributed by atoms with Gasteiger partial charge in [-0.05, 0) is 19.3 Å². The molecule has 4 rings (SSSR count). The van der Waals surface area contributed by atoms with E-state index in [1.165, 1.54) is 12.5 Å². The van der Waals surface area contributed by atoms with Gasteiger partial charge < -0.3 is 19.8 Å². The van der Waals surface area contributed by atoms with E-state index < -0.39 is 5.56 Å². The van der Waals surface area contributed by atoms with Crippen LogP contribution in [-0.4, -0.2) is 67.7 Å². The summed E-state index contributed by atoms with van der Waals surface area (Å²) in [5.41, 5.74) is 0.552. The number of rotatable bonds is 4. The summed E-state index contributed by atoms with van der Waals surface area (Å²) in [5.74, 6) is -0.119. The van der Waals surface area contributed by atoms with Gasteiger partial charge in [0.15, 0.2) is 0 Å². The number of hydrogen-bond donors (Lipinski definition) is 2. The lowest BCUT2D eigenvalue weighted by molar-refractivity contribution is -0.138. The fourth-order valence-corrected chi connectivity index (χ4v) is 4.36. The lowest BCUT2D eigenvalue weighted by Crippen LogP contribution is -2.55. The van der Waals surface area contributed by atoms with Gasteiger partial charge in [0.1, 0.15) is 5.56 Å². The van der Waals surface area contributed by atoms with Crippen molar-refractivity contribution in [3.63, 3.8) is 0 Å². The predicted octanol–water partition coefficient (Wildman–Crippen LogP) is 0.581. The summed E-state index contributed by atoms with van der Waals surface area (Å²) in [6, 6.07) is 0. The molecule has 0 aromatic carbocycles. The van der Waals surface area contributed by atoms with Crippen molar-refractivity contribution in [3.05, 3.63) is 46.7 Å². The molecule has 0 radical (unpaired) electrons. The lowest BCUT2D eigenvalue weighted by Gasteiger charge is -2.48. The van der Waals surface area contributed by atoms with Crippen LogP contribution in [0.5, 0.6) is 0 Å². The molecule has 2 amide bonds. The highest BCUT2D eigenvalue weighted by atomic mass is 16.2. The average Bonchev–Trinajstić information content (AvgIpc) is 3.23. The molecular weight excluding hydrogens is 360 g/mol. The number of carbonyl (C=O) groups is 2. The van der Waals surface area contributed by atoms with Crippen LogP contribution in [0.3, 0.4) is 0 Å². The van der Waals surface area contributed by atoms with Crippen molar-refractivity contribution in [2.45, 2.75) is 32.1 Å². The number of nitrogens with zero attached hydrogens (tertiary/aromatic N) is 4. The van der Waals surface area contributed by atoms with Gasteiger partial charge >= 0.3 is 0 Å². The van der Waals surface area contributed by atoms with Gasteiger partial charge in [-0.15, -0.1) is 0 Å². The summed E-state index contributed by atoms with van der Waals surface area (Å²) in [6.45, 7) is 2.47. The van der Waals surface area contributed by atoms with E-state index >= 15 is 0 Å². The van der Waals surface area contributed by atoms with Gasteiger partial charge in [0, 0.05) is 62.5 Å². The SMILES string of the molecule is O=C1CC[C@@]2(CCCN(C(=O)c3cnc[nH]c3=O)C2)CN1CCc1cnc[nH]1. The summed E-state index contributed by atoms with van der Waals surface area (Å²) >= 11 is 0. The summed E-state index contributed by atoms with van der Waals surface area (Å²) in [5, 5.41) is 0. The van der Waals surface area contributed by atoms with Crippen molar-refractivity contribution in [1.82, 2.24) is 29.7 Å². The molecule has 9 heteroatoms. The second-order valence-electron chi connectivity index (χ2n) is 7.77. The molecule has 0 saturated carbocycles. The van der Waals surface area contributed by atoms with Gasteiger partial charge in [-0.1, -0.05) is 0 Å². The third-order valence-electron chi connectivity index (χ3n) is 5.85. The number of likely N-dealkylation sites (tertiary alicyclic amines) is 2. The zero-order valence-corrected chi connectivity index (χ0v) is 15.7. The Balaban J connectivity index is 1.46. The highest BCUT2D eigenvalue weighted by molar-refractivity contribution is 5.93. The van der Waals surface area contributed by atoms with Gasteiger partial charge in [-0.3, -0.25) is 14.4 Å². The second-order valence-corrected chi connectivity index (χ2v) is 7.77. The fourth-order valence-electron chi connectivity index (χ4n) is 4.36. The minimum atomic E-state index is -0.417. The Morgan fingerprint density at radius 2 is 1.93 bits per heavy atom. The molecule has 28 heavy (non-hydrogen) atoms. The van der Waals surface area contributed by atoms with Gasteiger partial charge in [-0.2, -0.15) is 0 Å². The second kappa shape index (κ2) is 7.57. The molecule has 148 valence electrons. The molecule has 0 aliphatic carbocycles. The molecule has 2 N–H and O–H groups in total. The first-order chi connectivity index (χ1) is 13.6. The molecule has 0 unspecified atom stereocenters. The number of imidazole rings is 1. The van der Waals surface area contributed by atoms with Crippen LogP contribution in [0.4, 0.5) is 0 Å². The Morgan fingerprint density at radius 1 is 1.11 bits per heavy atom. The Kier molecular flexibility index (Phi) is 4.97. The van der Waals surface area contributed by atoms with Crippen LogP contribution in [0.15, 0.2) is 29.8 Å². The maximum absolute atomic E-state index is 12.8. The Bertz CT molecular complexity index is 908. The number of nitrogens with one attached hydrogen (secondary N) is 2. The van der Waals surface area contributed by atoms with Gasteiger partial charge in [0.2, 0.25) is 5.91 Å². The van der Waals surface area contributed by atoms with Crippen LogP contribution in [0, 0.1) is 5.41 Å². The van der Waals surface area contributed by atoms with Gasteiger partial charge in [-0.25, -0.2) is 9.97 Å². The van der Waals surface area contributed by atoms with Crippen LogP contribution in [0.2, 0.25) is 0 Å². The first kappa shape index (κ1) is 18.4. The number of H-pyrrole nitrogens is 2. The van der Waals surface area contributed by atoms with Gasteiger partial charge in [0.25, 0.3) is 11.5 Å².